The smallest absolute Gasteiger partial charge is 0.227 e. The summed E-state index contributed by atoms with van der Waals surface area (Å²) in [5.41, 5.74) is 5.34. The minimum Gasteiger partial charge on any atom is -0.338 e. The molecule has 0 bridgehead atoms. The van der Waals surface area contributed by atoms with Crippen LogP contribution in [0.2, 0.25) is 0 Å². The molecule has 0 heterocycles. The van der Waals surface area contributed by atoms with Crippen molar-refractivity contribution in [2.45, 2.75) is 31.7 Å². The van der Waals surface area contributed by atoms with Crippen LogP contribution >= 0.6 is 0 Å². The topological polar surface area (TPSA) is 46.3 Å². The van der Waals surface area contributed by atoms with Gasteiger partial charge in [0, 0.05) is 24.7 Å². The molecule has 1 aliphatic rings. The zero-order valence-corrected chi connectivity index (χ0v) is 10.7. The quantitative estimate of drug-likeness (QED) is 0.885. The monoisotopic (exact) mass is 268 g/mol. The van der Waals surface area contributed by atoms with E-state index in [0.29, 0.717) is 13.1 Å². The van der Waals surface area contributed by atoms with Crippen molar-refractivity contribution >= 4 is 5.91 Å². The highest BCUT2D eigenvalue weighted by Crippen LogP contribution is 2.25. The fourth-order valence-electron chi connectivity index (χ4n) is 2.30. The first-order valence-electron chi connectivity index (χ1n) is 6.56. The molecule has 0 aliphatic heterocycles. The number of hydrogen-bond donors (Lipinski definition) is 1. The van der Waals surface area contributed by atoms with Crippen molar-refractivity contribution in [3.63, 3.8) is 0 Å². The molecule has 104 valence electrons. The Bertz CT molecular complexity index is 441. The van der Waals surface area contributed by atoms with Gasteiger partial charge in [-0.05, 0) is 31.4 Å². The highest BCUT2D eigenvalue weighted by Gasteiger charge is 2.28. The van der Waals surface area contributed by atoms with Crippen LogP contribution < -0.4 is 5.73 Å². The van der Waals surface area contributed by atoms with Gasteiger partial charge in [-0.2, -0.15) is 0 Å². The second kappa shape index (κ2) is 6.10. The Morgan fingerprint density at radius 2 is 1.95 bits per heavy atom. The van der Waals surface area contributed by atoms with Crippen LogP contribution in [0.15, 0.2) is 18.2 Å². The van der Waals surface area contributed by atoms with Gasteiger partial charge < -0.3 is 10.6 Å². The van der Waals surface area contributed by atoms with Gasteiger partial charge in [0.1, 0.15) is 11.6 Å². The largest absolute Gasteiger partial charge is 0.338 e. The molecule has 19 heavy (non-hydrogen) atoms. The lowest BCUT2D eigenvalue weighted by molar-refractivity contribution is -0.134. The molecule has 0 unspecified atom stereocenters. The van der Waals surface area contributed by atoms with Crippen LogP contribution in [0, 0.1) is 11.6 Å². The van der Waals surface area contributed by atoms with Gasteiger partial charge in [0.15, 0.2) is 0 Å². The minimum absolute atomic E-state index is 0.158. The van der Waals surface area contributed by atoms with Gasteiger partial charge in [0.2, 0.25) is 5.91 Å². The Labute approximate surface area is 111 Å². The van der Waals surface area contributed by atoms with Crippen LogP contribution in [0.1, 0.15) is 24.8 Å². The van der Waals surface area contributed by atoms with Crippen LogP contribution in [0.4, 0.5) is 8.78 Å². The maximum Gasteiger partial charge on any atom is 0.227 e. The van der Waals surface area contributed by atoms with E-state index in [4.69, 9.17) is 5.73 Å². The van der Waals surface area contributed by atoms with Crippen LogP contribution in [0.3, 0.4) is 0 Å². The van der Waals surface area contributed by atoms with Gasteiger partial charge in [-0.15, -0.1) is 0 Å². The molecule has 1 aliphatic carbocycles. The van der Waals surface area contributed by atoms with Crippen LogP contribution in [0.5, 0.6) is 0 Å². The number of carbonyl (C=O) groups is 1. The van der Waals surface area contributed by atoms with E-state index in [1.54, 1.807) is 4.90 Å². The molecule has 0 spiro atoms. The lowest BCUT2D eigenvalue weighted by Gasteiger charge is -2.37. The van der Waals surface area contributed by atoms with Crippen molar-refractivity contribution in [1.82, 2.24) is 4.90 Å². The van der Waals surface area contributed by atoms with E-state index in [1.807, 2.05) is 0 Å². The summed E-state index contributed by atoms with van der Waals surface area (Å²) in [4.78, 5) is 13.8. The number of hydrogen-bond acceptors (Lipinski definition) is 2. The Kier molecular flexibility index (Phi) is 4.47. The van der Waals surface area contributed by atoms with Crippen molar-refractivity contribution in [3.05, 3.63) is 35.4 Å². The number of rotatable bonds is 5. The molecule has 0 atom stereocenters. The van der Waals surface area contributed by atoms with E-state index in [0.717, 1.165) is 19.3 Å². The van der Waals surface area contributed by atoms with E-state index in [-0.39, 0.29) is 23.9 Å². The Morgan fingerprint density at radius 1 is 1.32 bits per heavy atom. The lowest BCUT2D eigenvalue weighted by atomic mass is 9.91. The third kappa shape index (κ3) is 3.10. The Morgan fingerprint density at radius 3 is 2.42 bits per heavy atom. The standard InChI is InChI=1S/C14H18F2N2O/c15-12-5-2-6-13(16)11(12)9-14(19)18(8-7-17)10-3-1-4-10/h2,5-6,10H,1,3-4,7-9,17H2. The Balaban J connectivity index is 2.09. The molecule has 0 aromatic heterocycles. The number of halogens is 2. The zero-order chi connectivity index (χ0) is 13.8. The third-order valence-electron chi connectivity index (χ3n) is 3.60. The summed E-state index contributed by atoms with van der Waals surface area (Å²) in [6.07, 6.45) is 2.75. The van der Waals surface area contributed by atoms with Gasteiger partial charge in [-0.3, -0.25) is 4.79 Å². The van der Waals surface area contributed by atoms with Crippen molar-refractivity contribution in [3.8, 4) is 0 Å². The molecule has 3 nitrogen and oxygen atoms in total. The summed E-state index contributed by atoms with van der Waals surface area (Å²) in [5, 5.41) is 0. The number of nitrogens with two attached hydrogens (primary N) is 1. The van der Waals surface area contributed by atoms with Crippen molar-refractivity contribution in [2.24, 2.45) is 5.73 Å². The second-order valence-electron chi connectivity index (χ2n) is 4.84. The van der Waals surface area contributed by atoms with Crippen molar-refractivity contribution < 1.29 is 13.6 Å². The SMILES string of the molecule is NCCN(C(=O)Cc1c(F)cccc1F)C1CCC1. The molecule has 2 N–H and O–H groups in total. The third-order valence-corrected chi connectivity index (χ3v) is 3.60. The first-order valence-corrected chi connectivity index (χ1v) is 6.56. The molecule has 1 aromatic rings. The van der Waals surface area contributed by atoms with E-state index < -0.39 is 11.6 Å². The second-order valence-corrected chi connectivity index (χ2v) is 4.84. The number of benzene rings is 1. The van der Waals surface area contributed by atoms with E-state index in [9.17, 15) is 13.6 Å². The summed E-state index contributed by atoms with van der Waals surface area (Å²) in [6.45, 7) is 0.807. The van der Waals surface area contributed by atoms with Crippen molar-refractivity contribution in [1.29, 1.82) is 0 Å². The normalized spacial score (nSPS) is 15.1. The van der Waals surface area contributed by atoms with Crippen molar-refractivity contribution in [2.75, 3.05) is 13.1 Å². The first-order chi connectivity index (χ1) is 9.13. The fraction of sp³-hybridized carbons (Fsp3) is 0.500. The molecule has 1 aromatic carbocycles. The molecule has 0 radical (unpaired) electrons. The number of carbonyl (C=O) groups excluding carboxylic acids is 1. The average molecular weight is 268 g/mol. The highest BCUT2D eigenvalue weighted by molar-refractivity contribution is 5.79. The maximum atomic E-state index is 13.5. The van der Waals surface area contributed by atoms with E-state index in [2.05, 4.69) is 0 Å². The first kappa shape index (κ1) is 13.9. The summed E-state index contributed by atoms with van der Waals surface area (Å²) in [7, 11) is 0. The van der Waals surface area contributed by atoms with E-state index >= 15 is 0 Å². The predicted octanol–water partition coefficient (Wildman–Crippen LogP) is 1.85. The molecule has 1 saturated carbocycles. The molecular formula is C14H18F2N2O. The molecule has 0 saturated heterocycles. The van der Waals surface area contributed by atoms with Gasteiger partial charge in [0.05, 0.1) is 6.42 Å². The minimum atomic E-state index is -0.672. The van der Waals surface area contributed by atoms with Gasteiger partial charge in [-0.25, -0.2) is 8.78 Å². The summed E-state index contributed by atoms with van der Waals surface area (Å²) in [6, 6.07) is 3.82. The lowest BCUT2D eigenvalue weighted by Crippen LogP contribution is -2.47. The van der Waals surface area contributed by atoms with Gasteiger partial charge in [-0.1, -0.05) is 6.07 Å². The maximum absolute atomic E-state index is 13.5. The Hall–Kier alpha value is -1.49. The van der Waals surface area contributed by atoms with E-state index in [1.165, 1.54) is 18.2 Å². The summed E-state index contributed by atoms with van der Waals surface area (Å²) in [5.74, 6) is -1.59. The number of amides is 1. The number of nitrogens with zero attached hydrogens (tertiary/aromatic N) is 1. The van der Waals surface area contributed by atoms with Gasteiger partial charge >= 0.3 is 0 Å². The predicted molar refractivity (Wildman–Crippen MR) is 68.5 cm³/mol. The summed E-state index contributed by atoms with van der Waals surface area (Å²) >= 11 is 0. The van der Waals surface area contributed by atoms with Crippen LogP contribution in [0.25, 0.3) is 0 Å². The highest BCUT2D eigenvalue weighted by atomic mass is 19.1. The molecular weight excluding hydrogens is 250 g/mol. The average Bonchev–Trinajstić information content (AvgIpc) is 2.31. The summed E-state index contributed by atoms with van der Waals surface area (Å²) < 4.78 is 27.0. The fourth-order valence-corrected chi connectivity index (χ4v) is 2.30. The van der Waals surface area contributed by atoms with Gasteiger partial charge in [0.25, 0.3) is 0 Å². The zero-order valence-electron chi connectivity index (χ0n) is 10.7. The molecule has 1 amide bonds. The van der Waals surface area contributed by atoms with Crippen LogP contribution in [-0.2, 0) is 11.2 Å². The molecule has 2 rings (SSSR count). The molecule has 5 heteroatoms. The van der Waals surface area contributed by atoms with Crippen LogP contribution in [-0.4, -0.2) is 29.9 Å². The molecule has 1 fully saturated rings.